The Morgan fingerprint density at radius 2 is 1.20 bits per heavy atom. The Bertz CT molecular complexity index is 1290. The highest BCUT2D eigenvalue weighted by atomic mass is 32.2. The lowest BCUT2D eigenvalue weighted by Gasteiger charge is -2.16. The van der Waals surface area contributed by atoms with E-state index in [1.54, 1.807) is 14.5 Å². The van der Waals surface area contributed by atoms with Crippen LogP contribution in [-0.2, 0) is 30.1 Å². The molecule has 166 valence electrons. The second-order valence-electron chi connectivity index (χ2n) is 5.96. The van der Waals surface area contributed by atoms with Crippen LogP contribution in [0.15, 0.2) is 45.0 Å². The van der Waals surface area contributed by atoms with Gasteiger partial charge in [0.05, 0.1) is 9.79 Å². The van der Waals surface area contributed by atoms with Crippen molar-refractivity contribution in [2.24, 2.45) is 17.5 Å². The monoisotopic (exact) mass is 480 g/mol. The van der Waals surface area contributed by atoms with E-state index >= 15 is 0 Å². The van der Waals surface area contributed by atoms with Gasteiger partial charge in [-0.15, -0.1) is 4.83 Å². The van der Waals surface area contributed by atoms with Crippen LogP contribution >= 0.6 is 0 Å². The molecule has 0 spiro atoms. The van der Waals surface area contributed by atoms with Gasteiger partial charge in [0.25, 0.3) is 30.1 Å². The molecule has 2 aromatic rings. The fourth-order valence-electron chi connectivity index (χ4n) is 2.44. The standard InChI is InChI=1S/C14H20N6O7S3/c1-8-5-10(28(21,22)18-15)3-4-11(8)27-12-6-9(2)13(29(23,24)19-16)7-14(12)30(25,26)20-17/h3-7,18-20H,15-17H2,1-2H3. The minimum atomic E-state index is -4.36. The molecule has 0 aliphatic carbocycles. The van der Waals surface area contributed by atoms with Gasteiger partial charge in [0, 0.05) is 0 Å². The molecule has 2 aromatic carbocycles. The van der Waals surface area contributed by atoms with Crippen molar-refractivity contribution < 1.29 is 30.0 Å². The first-order valence-corrected chi connectivity index (χ1v) is 12.3. The van der Waals surface area contributed by atoms with Crippen LogP contribution in [0.4, 0.5) is 0 Å². The summed E-state index contributed by atoms with van der Waals surface area (Å²) in [6.45, 7) is 2.92. The van der Waals surface area contributed by atoms with Gasteiger partial charge in [-0.05, 0) is 55.3 Å². The molecule has 0 bridgehead atoms. The van der Waals surface area contributed by atoms with Crippen molar-refractivity contribution in [2.75, 3.05) is 0 Å². The van der Waals surface area contributed by atoms with Gasteiger partial charge in [-0.25, -0.2) is 25.3 Å². The first-order chi connectivity index (χ1) is 13.8. The van der Waals surface area contributed by atoms with Crippen molar-refractivity contribution in [2.45, 2.75) is 28.5 Å². The Hall–Kier alpha value is -2.15. The molecule has 9 N–H and O–H groups in total. The van der Waals surface area contributed by atoms with Gasteiger partial charge in [0.2, 0.25) is 0 Å². The smallest absolute Gasteiger partial charge is 0.256 e. The van der Waals surface area contributed by atoms with E-state index in [0.29, 0.717) is 5.56 Å². The molecule has 0 heterocycles. The van der Waals surface area contributed by atoms with Crippen LogP contribution in [0, 0.1) is 13.8 Å². The van der Waals surface area contributed by atoms with Gasteiger partial charge in [-0.1, -0.05) is 0 Å². The molecule has 0 aliphatic rings. The van der Waals surface area contributed by atoms with E-state index in [9.17, 15) is 25.3 Å². The number of sulfonamides is 3. The first kappa shape index (κ1) is 24.1. The zero-order chi connectivity index (χ0) is 22.9. The Balaban J connectivity index is 2.67. The molecule has 0 saturated carbocycles. The number of hydrogen-bond acceptors (Lipinski definition) is 10. The van der Waals surface area contributed by atoms with Crippen molar-refractivity contribution in [1.29, 1.82) is 0 Å². The molecule has 0 radical (unpaired) electrons. The highest BCUT2D eigenvalue weighted by Gasteiger charge is 2.26. The van der Waals surface area contributed by atoms with Gasteiger partial charge in [-0.3, -0.25) is 17.5 Å². The predicted octanol–water partition coefficient (Wildman–Crippen LogP) is -1.45. The summed E-state index contributed by atoms with van der Waals surface area (Å²) in [5.41, 5.74) is 0.455. The van der Waals surface area contributed by atoms with Gasteiger partial charge in [0.15, 0.2) is 0 Å². The van der Waals surface area contributed by atoms with E-state index in [1.165, 1.54) is 38.1 Å². The third-order valence-electron chi connectivity index (χ3n) is 3.96. The molecule has 0 atom stereocenters. The summed E-state index contributed by atoms with van der Waals surface area (Å²) in [7, 11) is -12.5. The average Bonchev–Trinajstić information content (AvgIpc) is 2.69. The van der Waals surface area contributed by atoms with Crippen LogP contribution < -0.4 is 36.8 Å². The molecule has 0 unspecified atom stereocenters. The van der Waals surface area contributed by atoms with Crippen molar-refractivity contribution in [3.05, 3.63) is 41.5 Å². The molecular formula is C14H20N6O7S3. The molecule has 16 heteroatoms. The van der Waals surface area contributed by atoms with Gasteiger partial charge in [-0.2, -0.15) is 9.66 Å². The third kappa shape index (κ3) is 4.77. The van der Waals surface area contributed by atoms with Crippen molar-refractivity contribution in [3.8, 4) is 11.5 Å². The van der Waals surface area contributed by atoms with Crippen molar-refractivity contribution in [1.82, 2.24) is 14.5 Å². The predicted molar refractivity (Wildman–Crippen MR) is 106 cm³/mol. The summed E-state index contributed by atoms with van der Waals surface area (Å²) in [6, 6.07) is 5.73. The van der Waals surface area contributed by atoms with Gasteiger partial charge in [0.1, 0.15) is 16.4 Å². The van der Waals surface area contributed by atoms with E-state index in [0.717, 1.165) is 6.07 Å². The van der Waals surface area contributed by atoms with Crippen molar-refractivity contribution >= 4 is 30.1 Å². The maximum Gasteiger partial charge on any atom is 0.256 e. The van der Waals surface area contributed by atoms with E-state index < -0.39 is 39.9 Å². The van der Waals surface area contributed by atoms with Crippen molar-refractivity contribution in [3.63, 3.8) is 0 Å². The van der Waals surface area contributed by atoms with E-state index in [2.05, 4.69) is 0 Å². The number of nitrogens with two attached hydrogens (primary N) is 3. The summed E-state index contributed by atoms with van der Waals surface area (Å²) in [6.07, 6.45) is 0. The number of rotatable bonds is 8. The topological polar surface area (TPSA) is 226 Å². The second-order valence-corrected chi connectivity index (χ2v) is 11.0. The number of aryl methyl sites for hydroxylation is 2. The average molecular weight is 481 g/mol. The van der Waals surface area contributed by atoms with Crippen LogP contribution in [0.25, 0.3) is 0 Å². The SMILES string of the molecule is Cc1cc(S(=O)(=O)NN)ccc1Oc1cc(C)c(S(=O)(=O)NN)cc1S(=O)(=O)NN. The maximum atomic E-state index is 12.3. The van der Waals surface area contributed by atoms with Crippen LogP contribution in [-0.4, -0.2) is 25.3 Å². The Morgan fingerprint density at radius 1 is 0.667 bits per heavy atom. The number of hydrazine groups is 3. The Kier molecular flexibility index (Phi) is 6.86. The zero-order valence-electron chi connectivity index (χ0n) is 15.7. The summed E-state index contributed by atoms with van der Waals surface area (Å²) in [5.74, 6) is 14.9. The van der Waals surface area contributed by atoms with Crippen LogP contribution in [0.2, 0.25) is 0 Å². The summed E-state index contributed by atoms with van der Waals surface area (Å²) >= 11 is 0. The van der Waals surface area contributed by atoms with Gasteiger partial charge < -0.3 is 4.74 Å². The number of ether oxygens (including phenoxy) is 1. The highest BCUT2D eigenvalue weighted by Crippen LogP contribution is 2.34. The Morgan fingerprint density at radius 3 is 1.70 bits per heavy atom. The first-order valence-electron chi connectivity index (χ1n) is 7.89. The van der Waals surface area contributed by atoms with Crippen LogP contribution in [0.1, 0.15) is 11.1 Å². The highest BCUT2D eigenvalue weighted by molar-refractivity contribution is 7.90. The quantitative estimate of drug-likeness (QED) is 0.190. The van der Waals surface area contributed by atoms with Crippen LogP contribution in [0.5, 0.6) is 11.5 Å². The lowest BCUT2D eigenvalue weighted by atomic mass is 10.2. The largest absolute Gasteiger partial charge is 0.456 e. The van der Waals surface area contributed by atoms with Crippen LogP contribution in [0.3, 0.4) is 0 Å². The molecule has 0 aliphatic heterocycles. The normalized spacial score (nSPS) is 12.7. The second kappa shape index (κ2) is 8.53. The molecule has 0 aromatic heterocycles. The third-order valence-corrected chi connectivity index (χ3v) is 7.68. The molecule has 0 fully saturated rings. The minimum Gasteiger partial charge on any atom is -0.456 e. The Labute approximate surface area is 173 Å². The number of nitrogens with one attached hydrogen (secondary N) is 3. The number of benzene rings is 2. The fraction of sp³-hybridized carbons (Fsp3) is 0.143. The van der Waals surface area contributed by atoms with E-state index in [-0.39, 0.29) is 22.0 Å². The minimum absolute atomic E-state index is 0.103. The number of hydrogen-bond donors (Lipinski definition) is 6. The molecular weight excluding hydrogens is 460 g/mol. The molecule has 0 saturated heterocycles. The zero-order valence-corrected chi connectivity index (χ0v) is 18.2. The van der Waals surface area contributed by atoms with E-state index in [4.69, 9.17) is 22.3 Å². The summed E-state index contributed by atoms with van der Waals surface area (Å²) in [5, 5.41) is 0. The lowest BCUT2D eigenvalue weighted by molar-refractivity contribution is 0.461. The van der Waals surface area contributed by atoms with E-state index in [1.807, 2.05) is 0 Å². The lowest BCUT2D eigenvalue weighted by Crippen LogP contribution is -2.32. The maximum absolute atomic E-state index is 12.3. The molecule has 0 amide bonds. The molecule has 13 nitrogen and oxygen atoms in total. The molecule has 2 rings (SSSR count). The summed E-state index contributed by atoms with van der Waals surface area (Å²) in [4.78, 5) is 3.76. The molecule has 30 heavy (non-hydrogen) atoms. The van der Waals surface area contributed by atoms with Gasteiger partial charge >= 0.3 is 0 Å². The fourth-order valence-corrected chi connectivity index (χ4v) is 4.88. The summed E-state index contributed by atoms with van der Waals surface area (Å²) < 4.78 is 78.1.